The summed E-state index contributed by atoms with van der Waals surface area (Å²) in [5.74, 6) is 6.03. The second kappa shape index (κ2) is 5.30. The molecule has 19 heavy (non-hydrogen) atoms. The van der Waals surface area contributed by atoms with Gasteiger partial charge >= 0.3 is 0 Å². The third-order valence-electron chi connectivity index (χ3n) is 2.03. The Morgan fingerprint density at radius 2 is 2.21 bits per heavy atom. The zero-order chi connectivity index (χ0) is 13.1. The highest BCUT2D eigenvalue weighted by Crippen LogP contribution is 2.26. The number of anilines is 1. The maximum Gasteiger partial charge on any atom is 0.256 e. The molecule has 3 aromatic rings. The van der Waals surface area contributed by atoms with Crippen LogP contribution in [0.5, 0.6) is 0 Å². The molecule has 0 aromatic carbocycles. The number of hydrazine groups is 1. The molecule has 8 nitrogen and oxygen atoms in total. The van der Waals surface area contributed by atoms with Gasteiger partial charge in [0.15, 0.2) is 4.34 Å². The Balaban J connectivity index is 1.98. The maximum absolute atomic E-state index is 5.36. The Kier molecular flexibility index (Phi) is 3.35. The van der Waals surface area contributed by atoms with Gasteiger partial charge in [-0.1, -0.05) is 0 Å². The highest BCUT2D eigenvalue weighted by atomic mass is 32.2. The number of hydrogen-bond acceptors (Lipinski definition) is 9. The lowest BCUT2D eigenvalue weighted by atomic mass is 10.7. The molecule has 3 heterocycles. The second-order valence-electron chi connectivity index (χ2n) is 3.24. The molecule has 0 bridgehead atoms. The fourth-order valence-corrected chi connectivity index (χ4v) is 2.76. The molecule has 3 rings (SSSR count). The van der Waals surface area contributed by atoms with Crippen LogP contribution in [0.4, 0.5) is 5.95 Å². The summed E-state index contributed by atoms with van der Waals surface area (Å²) in [6, 6.07) is 1.78. The monoisotopic (exact) mass is 292 g/mol. The van der Waals surface area contributed by atoms with Crippen LogP contribution in [0.15, 0.2) is 39.5 Å². The van der Waals surface area contributed by atoms with Crippen molar-refractivity contribution in [3.8, 4) is 5.95 Å². The van der Waals surface area contributed by atoms with E-state index in [0.29, 0.717) is 11.1 Å². The molecule has 3 N–H and O–H groups in total. The molecular weight excluding hydrogens is 284 g/mol. The van der Waals surface area contributed by atoms with Gasteiger partial charge in [-0.05, 0) is 17.8 Å². The first-order valence-corrected chi connectivity index (χ1v) is 6.85. The fraction of sp³-hybridized carbons (Fsp3) is 0. The molecule has 96 valence electrons. The molecule has 0 fully saturated rings. The lowest BCUT2D eigenvalue weighted by Crippen LogP contribution is -2.14. The fourth-order valence-electron chi connectivity index (χ4n) is 1.28. The van der Waals surface area contributed by atoms with Crippen molar-refractivity contribution in [1.82, 2.24) is 29.7 Å². The summed E-state index contributed by atoms with van der Waals surface area (Å²) in [7, 11) is 0. The summed E-state index contributed by atoms with van der Waals surface area (Å²) in [5.41, 5.74) is 2.42. The number of nitrogens with two attached hydrogens (primary N) is 1. The maximum atomic E-state index is 5.36. The van der Waals surface area contributed by atoms with Crippen LogP contribution >= 0.6 is 23.1 Å². The molecule has 0 atom stereocenters. The Hall–Kier alpha value is -2.04. The zero-order valence-electron chi connectivity index (χ0n) is 9.46. The van der Waals surface area contributed by atoms with E-state index in [1.165, 1.54) is 27.8 Å². The first-order chi connectivity index (χ1) is 9.35. The van der Waals surface area contributed by atoms with E-state index in [2.05, 4.69) is 30.5 Å². The van der Waals surface area contributed by atoms with Gasteiger partial charge in [0.2, 0.25) is 11.1 Å². The van der Waals surface area contributed by atoms with Crippen molar-refractivity contribution in [3.63, 3.8) is 0 Å². The molecule has 3 aromatic heterocycles. The Morgan fingerprint density at radius 1 is 1.26 bits per heavy atom. The first kappa shape index (κ1) is 12.0. The molecule has 0 amide bonds. The Labute approximate surface area is 116 Å². The smallest absolute Gasteiger partial charge is 0.256 e. The van der Waals surface area contributed by atoms with E-state index in [1.807, 2.05) is 5.38 Å². The molecule has 10 heteroatoms. The van der Waals surface area contributed by atoms with E-state index in [9.17, 15) is 0 Å². The first-order valence-electron chi connectivity index (χ1n) is 5.15. The van der Waals surface area contributed by atoms with Gasteiger partial charge in [0.1, 0.15) is 0 Å². The largest absolute Gasteiger partial charge is 0.292 e. The number of aromatic nitrogens is 6. The van der Waals surface area contributed by atoms with Crippen LogP contribution < -0.4 is 11.3 Å². The minimum atomic E-state index is 0.277. The molecular formula is C9H8N8S2. The summed E-state index contributed by atoms with van der Waals surface area (Å²) in [4.78, 5) is 16.8. The van der Waals surface area contributed by atoms with Crippen molar-refractivity contribution in [2.45, 2.75) is 9.50 Å². The van der Waals surface area contributed by atoms with Crippen LogP contribution in [-0.2, 0) is 0 Å². The van der Waals surface area contributed by atoms with Crippen molar-refractivity contribution in [2.75, 3.05) is 5.43 Å². The van der Waals surface area contributed by atoms with Gasteiger partial charge in [-0.3, -0.25) is 5.43 Å². The highest BCUT2D eigenvalue weighted by Gasteiger charge is 2.10. The van der Waals surface area contributed by atoms with Gasteiger partial charge in [0, 0.05) is 24.0 Å². The lowest BCUT2D eigenvalue weighted by molar-refractivity contribution is 0.760. The van der Waals surface area contributed by atoms with Crippen LogP contribution in [0, 0.1) is 0 Å². The molecule has 0 saturated heterocycles. The van der Waals surface area contributed by atoms with Gasteiger partial charge in [-0.2, -0.15) is 20.1 Å². The number of hydrogen-bond donors (Lipinski definition) is 2. The number of nitrogens with one attached hydrogen (secondary N) is 1. The minimum absolute atomic E-state index is 0.277. The Morgan fingerprint density at radius 3 is 2.89 bits per heavy atom. The normalized spacial score (nSPS) is 10.6. The van der Waals surface area contributed by atoms with Gasteiger partial charge in [-0.15, -0.1) is 11.3 Å². The lowest BCUT2D eigenvalue weighted by Gasteiger charge is -2.04. The van der Waals surface area contributed by atoms with Crippen molar-refractivity contribution in [3.05, 3.63) is 30.0 Å². The summed E-state index contributed by atoms with van der Waals surface area (Å²) < 4.78 is 2.38. The standard InChI is InChI=1S/C9H8N8S2/c10-16-6-13-7(17-4-1-2-12-17)15-8(14-6)19-9-11-3-5-18-9/h1-5H,10H2,(H,13,14,15,16). The minimum Gasteiger partial charge on any atom is -0.292 e. The van der Waals surface area contributed by atoms with Crippen LogP contribution in [0.25, 0.3) is 5.95 Å². The third kappa shape index (κ3) is 2.70. The molecule has 0 radical (unpaired) electrons. The molecule has 0 unspecified atom stereocenters. The van der Waals surface area contributed by atoms with Crippen LogP contribution in [0.3, 0.4) is 0 Å². The van der Waals surface area contributed by atoms with Gasteiger partial charge < -0.3 is 0 Å². The number of rotatable bonds is 4. The van der Waals surface area contributed by atoms with E-state index in [0.717, 1.165) is 4.34 Å². The van der Waals surface area contributed by atoms with Crippen molar-refractivity contribution in [1.29, 1.82) is 0 Å². The van der Waals surface area contributed by atoms with E-state index in [1.54, 1.807) is 24.7 Å². The van der Waals surface area contributed by atoms with E-state index < -0.39 is 0 Å². The summed E-state index contributed by atoms with van der Waals surface area (Å²) >= 11 is 2.86. The average molecular weight is 292 g/mol. The third-order valence-corrected chi connectivity index (χ3v) is 3.78. The van der Waals surface area contributed by atoms with Gasteiger partial charge in [0.05, 0.1) is 0 Å². The van der Waals surface area contributed by atoms with Gasteiger partial charge in [0.25, 0.3) is 5.95 Å². The van der Waals surface area contributed by atoms with E-state index in [4.69, 9.17) is 5.84 Å². The number of nitrogen functional groups attached to an aromatic ring is 1. The quantitative estimate of drug-likeness (QED) is 0.540. The molecule has 0 aliphatic heterocycles. The zero-order valence-corrected chi connectivity index (χ0v) is 11.1. The van der Waals surface area contributed by atoms with Crippen LogP contribution in [0.2, 0.25) is 0 Å². The van der Waals surface area contributed by atoms with Crippen LogP contribution in [0.1, 0.15) is 0 Å². The second-order valence-corrected chi connectivity index (χ2v) is 5.35. The molecule has 0 aliphatic carbocycles. The van der Waals surface area contributed by atoms with Crippen molar-refractivity contribution in [2.24, 2.45) is 5.84 Å². The summed E-state index contributed by atoms with van der Waals surface area (Å²) in [5, 5.41) is 6.47. The average Bonchev–Trinajstić information content (AvgIpc) is 3.11. The van der Waals surface area contributed by atoms with Gasteiger partial charge in [-0.25, -0.2) is 15.5 Å². The van der Waals surface area contributed by atoms with Crippen LogP contribution in [-0.4, -0.2) is 29.7 Å². The number of nitrogens with zero attached hydrogens (tertiary/aromatic N) is 6. The topological polar surface area (TPSA) is 107 Å². The SMILES string of the molecule is NNc1nc(Sc2nccs2)nc(-n2cccn2)n1. The summed E-state index contributed by atoms with van der Waals surface area (Å²) in [6.07, 6.45) is 5.12. The molecule has 0 saturated carbocycles. The predicted octanol–water partition coefficient (Wildman–Crippen LogP) is 0.951. The predicted molar refractivity (Wildman–Crippen MR) is 71.0 cm³/mol. The summed E-state index contributed by atoms with van der Waals surface area (Å²) in [6.45, 7) is 0. The van der Waals surface area contributed by atoms with E-state index >= 15 is 0 Å². The molecule has 0 spiro atoms. The Bertz CT molecular complexity index is 651. The number of thiazole rings is 1. The molecule has 0 aliphatic rings. The van der Waals surface area contributed by atoms with Crippen molar-refractivity contribution >= 4 is 29.0 Å². The van der Waals surface area contributed by atoms with E-state index in [-0.39, 0.29) is 5.95 Å². The highest BCUT2D eigenvalue weighted by molar-refractivity contribution is 8.00. The van der Waals surface area contributed by atoms with Crippen molar-refractivity contribution < 1.29 is 0 Å².